The first-order valence-corrected chi connectivity index (χ1v) is 8.70. The monoisotopic (exact) mass is 386 g/mol. The number of hydrogen-bond acceptors (Lipinski definition) is 4. The highest BCUT2D eigenvalue weighted by molar-refractivity contribution is 9.10. The molecule has 0 aromatic heterocycles. The van der Waals surface area contributed by atoms with Crippen molar-refractivity contribution in [3.8, 4) is 5.75 Å². The van der Waals surface area contributed by atoms with Crippen LogP contribution in [0.4, 0.5) is 5.69 Å². The van der Waals surface area contributed by atoms with Crippen LogP contribution in [0.3, 0.4) is 0 Å². The first-order chi connectivity index (χ1) is 11.7. The Balaban J connectivity index is 1.84. The van der Waals surface area contributed by atoms with Crippen LogP contribution in [0.5, 0.6) is 5.75 Å². The predicted octanol–water partition coefficient (Wildman–Crippen LogP) is 4.34. The van der Waals surface area contributed by atoms with Crippen LogP contribution >= 0.6 is 15.9 Å². The lowest BCUT2D eigenvalue weighted by Gasteiger charge is -2.24. The van der Waals surface area contributed by atoms with Crippen LogP contribution in [-0.4, -0.2) is 31.8 Å². The number of Topliss-reactive ketones (excluding diaryl/α,β-unsaturated/α-hetero) is 1. The lowest BCUT2D eigenvalue weighted by Crippen LogP contribution is -2.34. The van der Waals surface area contributed by atoms with Gasteiger partial charge in [-0.25, -0.2) is 0 Å². The first-order valence-electron chi connectivity index (χ1n) is 7.91. The highest BCUT2D eigenvalue weighted by atomic mass is 79.9. The molecule has 5 heteroatoms. The van der Waals surface area contributed by atoms with E-state index in [9.17, 15) is 4.79 Å². The van der Waals surface area contributed by atoms with Crippen molar-refractivity contribution in [3.63, 3.8) is 0 Å². The zero-order valence-corrected chi connectivity index (χ0v) is 15.1. The summed E-state index contributed by atoms with van der Waals surface area (Å²) in [5, 5.41) is 0. The Labute approximate surface area is 150 Å². The maximum Gasteiger partial charge on any atom is 0.182 e. The molecule has 0 amide bonds. The molecule has 1 aliphatic heterocycles. The van der Waals surface area contributed by atoms with E-state index in [0.717, 1.165) is 41.1 Å². The summed E-state index contributed by atoms with van der Waals surface area (Å²) in [5.41, 5.74) is 1.66. The van der Waals surface area contributed by atoms with Crippen molar-refractivity contribution in [2.45, 2.75) is 12.8 Å². The number of amidine groups is 1. The van der Waals surface area contributed by atoms with E-state index in [1.165, 1.54) is 0 Å². The van der Waals surface area contributed by atoms with E-state index < -0.39 is 0 Å². The van der Waals surface area contributed by atoms with Gasteiger partial charge in [0, 0.05) is 28.7 Å². The molecule has 0 unspecified atom stereocenters. The quantitative estimate of drug-likeness (QED) is 0.717. The van der Waals surface area contributed by atoms with Gasteiger partial charge in [0.1, 0.15) is 11.6 Å². The van der Waals surface area contributed by atoms with Gasteiger partial charge < -0.3 is 9.64 Å². The molecule has 0 fully saturated rings. The van der Waals surface area contributed by atoms with Gasteiger partial charge in [-0.2, -0.15) is 0 Å². The number of carbonyl (C=O) groups excluding carboxylic acids is 1. The summed E-state index contributed by atoms with van der Waals surface area (Å²) in [6.45, 7) is 1.11. The Morgan fingerprint density at radius 3 is 2.46 bits per heavy atom. The summed E-state index contributed by atoms with van der Waals surface area (Å²) in [5.74, 6) is 1.85. The van der Waals surface area contributed by atoms with Gasteiger partial charge in [0.2, 0.25) is 0 Å². The van der Waals surface area contributed by atoms with Gasteiger partial charge >= 0.3 is 0 Å². The molecule has 0 aliphatic carbocycles. The standard InChI is InChI=1S/C19H19BrN2O2/c1-24-17-10-8-16(9-11-17)22(19-3-2-12-21-19)13-18(23)14-4-6-15(20)7-5-14/h4-11H,2-3,12-13H2,1H3. The molecule has 0 saturated heterocycles. The predicted molar refractivity (Wildman–Crippen MR) is 100 cm³/mol. The topological polar surface area (TPSA) is 41.9 Å². The van der Waals surface area contributed by atoms with E-state index in [4.69, 9.17) is 4.74 Å². The van der Waals surface area contributed by atoms with Crippen LogP contribution in [0.15, 0.2) is 58.0 Å². The summed E-state index contributed by atoms with van der Waals surface area (Å²) < 4.78 is 6.18. The highest BCUT2D eigenvalue weighted by Crippen LogP contribution is 2.23. The Morgan fingerprint density at radius 1 is 1.17 bits per heavy atom. The van der Waals surface area contributed by atoms with Gasteiger partial charge in [0.05, 0.1) is 13.7 Å². The number of aliphatic imine (C=N–C) groups is 1. The zero-order valence-electron chi connectivity index (χ0n) is 13.5. The molecular weight excluding hydrogens is 368 g/mol. The van der Waals surface area contributed by atoms with Gasteiger partial charge in [-0.05, 0) is 42.8 Å². The summed E-state index contributed by atoms with van der Waals surface area (Å²) in [6, 6.07) is 15.2. The van der Waals surface area contributed by atoms with Gasteiger partial charge in [-0.15, -0.1) is 0 Å². The second kappa shape index (κ2) is 7.62. The number of hydrogen-bond donors (Lipinski definition) is 0. The third-order valence-electron chi connectivity index (χ3n) is 4.02. The molecular formula is C19H19BrN2O2. The molecule has 0 N–H and O–H groups in total. The molecule has 124 valence electrons. The van der Waals surface area contributed by atoms with E-state index in [1.807, 2.05) is 53.4 Å². The number of nitrogens with zero attached hydrogens (tertiary/aromatic N) is 2. The smallest absolute Gasteiger partial charge is 0.182 e. The molecule has 1 aliphatic rings. The van der Waals surface area contributed by atoms with E-state index in [0.29, 0.717) is 5.56 Å². The molecule has 0 saturated carbocycles. The average Bonchev–Trinajstić information content (AvgIpc) is 3.14. The van der Waals surface area contributed by atoms with E-state index >= 15 is 0 Å². The number of carbonyl (C=O) groups is 1. The first kappa shape index (κ1) is 16.7. The van der Waals surface area contributed by atoms with Crippen LogP contribution in [0.1, 0.15) is 23.2 Å². The fourth-order valence-electron chi connectivity index (χ4n) is 2.71. The Kier molecular flexibility index (Phi) is 5.30. The van der Waals surface area contributed by atoms with Gasteiger partial charge in [-0.3, -0.25) is 9.79 Å². The molecule has 0 atom stereocenters. The van der Waals surface area contributed by atoms with Gasteiger partial charge in [0.15, 0.2) is 5.78 Å². The van der Waals surface area contributed by atoms with Gasteiger partial charge in [-0.1, -0.05) is 28.1 Å². The molecule has 24 heavy (non-hydrogen) atoms. The SMILES string of the molecule is COc1ccc(N(CC(=O)c2ccc(Br)cc2)C2=NCCC2)cc1. The highest BCUT2D eigenvalue weighted by Gasteiger charge is 2.20. The molecule has 3 rings (SSSR count). The van der Waals surface area contributed by atoms with Crippen molar-refractivity contribution in [3.05, 3.63) is 58.6 Å². The summed E-state index contributed by atoms with van der Waals surface area (Å²) in [7, 11) is 1.64. The number of benzene rings is 2. The van der Waals surface area contributed by atoms with E-state index in [1.54, 1.807) is 7.11 Å². The summed E-state index contributed by atoms with van der Waals surface area (Å²) >= 11 is 3.40. The number of methoxy groups -OCH3 is 1. The fraction of sp³-hybridized carbons (Fsp3) is 0.263. The minimum atomic E-state index is 0.0768. The molecule has 0 spiro atoms. The van der Waals surface area contributed by atoms with Crippen LogP contribution in [0.2, 0.25) is 0 Å². The molecule has 2 aromatic carbocycles. The minimum absolute atomic E-state index is 0.0768. The lowest BCUT2D eigenvalue weighted by molar-refractivity contribution is 0.100. The Morgan fingerprint density at radius 2 is 1.88 bits per heavy atom. The summed E-state index contributed by atoms with van der Waals surface area (Å²) in [4.78, 5) is 19.3. The van der Waals surface area contributed by atoms with E-state index in [-0.39, 0.29) is 12.3 Å². The van der Waals surface area contributed by atoms with Crippen LogP contribution < -0.4 is 9.64 Å². The number of anilines is 1. The van der Waals surface area contributed by atoms with Crippen molar-refractivity contribution < 1.29 is 9.53 Å². The van der Waals surface area contributed by atoms with Crippen molar-refractivity contribution in [2.24, 2.45) is 4.99 Å². The normalized spacial score (nSPS) is 13.5. The number of halogens is 1. The molecule has 0 radical (unpaired) electrons. The second-order valence-corrected chi connectivity index (χ2v) is 6.53. The van der Waals surface area contributed by atoms with Crippen LogP contribution in [0.25, 0.3) is 0 Å². The average molecular weight is 387 g/mol. The van der Waals surface area contributed by atoms with Gasteiger partial charge in [0.25, 0.3) is 0 Å². The second-order valence-electron chi connectivity index (χ2n) is 5.62. The lowest BCUT2D eigenvalue weighted by atomic mass is 10.1. The molecule has 1 heterocycles. The van der Waals surface area contributed by atoms with Crippen molar-refractivity contribution in [2.75, 3.05) is 25.1 Å². The van der Waals surface area contributed by atoms with Crippen molar-refractivity contribution in [1.82, 2.24) is 0 Å². The summed E-state index contributed by atoms with van der Waals surface area (Å²) in [6.07, 6.45) is 1.94. The molecule has 4 nitrogen and oxygen atoms in total. The Hall–Kier alpha value is -2.14. The van der Waals surface area contributed by atoms with Crippen LogP contribution in [0, 0.1) is 0 Å². The third-order valence-corrected chi connectivity index (χ3v) is 4.55. The largest absolute Gasteiger partial charge is 0.497 e. The van der Waals surface area contributed by atoms with Crippen molar-refractivity contribution in [1.29, 1.82) is 0 Å². The third kappa shape index (κ3) is 3.85. The molecule has 2 aromatic rings. The number of ketones is 1. The van der Waals surface area contributed by atoms with Crippen molar-refractivity contribution >= 4 is 33.2 Å². The van der Waals surface area contributed by atoms with Crippen LogP contribution in [-0.2, 0) is 0 Å². The zero-order chi connectivity index (χ0) is 16.9. The fourth-order valence-corrected chi connectivity index (χ4v) is 2.97. The van der Waals surface area contributed by atoms with E-state index in [2.05, 4.69) is 20.9 Å². The minimum Gasteiger partial charge on any atom is -0.497 e. The number of rotatable bonds is 5. The number of ether oxygens (including phenoxy) is 1. The maximum atomic E-state index is 12.7. The molecule has 0 bridgehead atoms. The maximum absolute atomic E-state index is 12.7. The Bertz CT molecular complexity index is 739.